The Bertz CT molecular complexity index is 271. The van der Waals surface area contributed by atoms with Gasteiger partial charge in [0.15, 0.2) is 0 Å². The summed E-state index contributed by atoms with van der Waals surface area (Å²) in [7, 11) is 1.92. The molecule has 4 heteroatoms. The van der Waals surface area contributed by atoms with Crippen LogP contribution < -0.4 is 5.32 Å². The van der Waals surface area contributed by atoms with E-state index in [1.807, 2.05) is 18.9 Å². The second kappa shape index (κ2) is 6.53. The molecule has 2 rings (SSSR count). The van der Waals surface area contributed by atoms with Crippen LogP contribution in [-0.2, 0) is 9.53 Å². The molecule has 4 nitrogen and oxygen atoms in total. The van der Waals surface area contributed by atoms with Crippen molar-refractivity contribution in [1.29, 1.82) is 0 Å². The number of rotatable bonds is 5. The lowest BCUT2D eigenvalue weighted by molar-refractivity contribution is -0.148. The molecular formula is C14H26N2O2. The smallest absolute Gasteiger partial charge is 0.251 e. The zero-order chi connectivity index (χ0) is 13.0. The fourth-order valence-electron chi connectivity index (χ4n) is 2.96. The second-order valence-corrected chi connectivity index (χ2v) is 5.54. The summed E-state index contributed by atoms with van der Waals surface area (Å²) >= 11 is 0. The zero-order valence-corrected chi connectivity index (χ0v) is 11.7. The van der Waals surface area contributed by atoms with E-state index in [2.05, 4.69) is 5.32 Å². The van der Waals surface area contributed by atoms with Crippen LogP contribution in [0.15, 0.2) is 0 Å². The quantitative estimate of drug-likeness (QED) is 0.809. The van der Waals surface area contributed by atoms with Gasteiger partial charge < -0.3 is 15.0 Å². The molecule has 2 aliphatic rings. The molecule has 18 heavy (non-hydrogen) atoms. The van der Waals surface area contributed by atoms with E-state index in [1.54, 1.807) is 0 Å². The van der Waals surface area contributed by atoms with Gasteiger partial charge in [-0.2, -0.15) is 0 Å². The highest BCUT2D eigenvalue weighted by molar-refractivity contribution is 5.81. The van der Waals surface area contributed by atoms with Crippen molar-refractivity contribution in [1.82, 2.24) is 10.2 Å². The maximum Gasteiger partial charge on any atom is 0.251 e. The van der Waals surface area contributed by atoms with Gasteiger partial charge in [-0.1, -0.05) is 19.8 Å². The van der Waals surface area contributed by atoms with Crippen LogP contribution in [0.2, 0.25) is 0 Å². The Hall–Kier alpha value is -0.610. The Balaban J connectivity index is 1.87. The van der Waals surface area contributed by atoms with Gasteiger partial charge in [0, 0.05) is 19.6 Å². The van der Waals surface area contributed by atoms with Gasteiger partial charge in [-0.3, -0.25) is 4.79 Å². The largest absolute Gasteiger partial charge is 0.365 e. The Morgan fingerprint density at radius 2 is 2.11 bits per heavy atom. The molecular weight excluding hydrogens is 228 g/mol. The second-order valence-electron chi connectivity index (χ2n) is 5.54. The standard InChI is InChI=1S/C14H26N2O2/c1-3-13(18-12-6-4-5-7-12)14(17)16(2)11-8-9-15-10-11/h11-13,15H,3-10H2,1-2H3. The fraction of sp³-hybridized carbons (Fsp3) is 0.929. The molecule has 1 heterocycles. The first-order valence-corrected chi connectivity index (χ1v) is 7.35. The van der Waals surface area contributed by atoms with Gasteiger partial charge in [-0.05, 0) is 32.2 Å². The number of likely N-dealkylation sites (N-methyl/N-ethyl adjacent to an activating group) is 1. The van der Waals surface area contributed by atoms with Crippen molar-refractivity contribution in [2.45, 2.75) is 63.7 Å². The molecule has 0 radical (unpaired) electrons. The zero-order valence-electron chi connectivity index (χ0n) is 11.7. The van der Waals surface area contributed by atoms with E-state index in [4.69, 9.17) is 4.74 Å². The van der Waals surface area contributed by atoms with Crippen molar-refractivity contribution in [2.75, 3.05) is 20.1 Å². The van der Waals surface area contributed by atoms with Gasteiger partial charge in [0.25, 0.3) is 5.91 Å². The first kappa shape index (κ1) is 13.8. The van der Waals surface area contributed by atoms with Gasteiger partial charge in [0.05, 0.1) is 6.10 Å². The predicted molar refractivity (Wildman–Crippen MR) is 71.5 cm³/mol. The van der Waals surface area contributed by atoms with Gasteiger partial charge in [-0.15, -0.1) is 0 Å². The van der Waals surface area contributed by atoms with E-state index in [1.165, 1.54) is 12.8 Å². The Morgan fingerprint density at radius 1 is 1.39 bits per heavy atom. The Kier molecular flexibility index (Phi) is 5.01. The van der Waals surface area contributed by atoms with E-state index in [9.17, 15) is 4.79 Å². The summed E-state index contributed by atoms with van der Waals surface area (Å²) < 4.78 is 5.99. The molecule has 1 saturated carbocycles. The lowest BCUT2D eigenvalue weighted by Gasteiger charge is -2.29. The summed E-state index contributed by atoms with van der Waals surface area (Å²) in [5.74, 6) is 0.165. The lowest BCUT2D eigenvalue weighted by atomic mass is 10.1. The number of nitrogens with one attached hydrogen (secondary N) is 1. The molecule has 2 atom stereocenters. The highest BCUT2D eigenvalue weighted by Gasteiger charge is 2.30. The number of hydrogen-bond donors (Lipinski definition) is 1. The summed E-state index contributed by atoms with van der Waals surface area (Å²) in [6.45, 7) is 3.98. The average molecular weight is 254 g/mol. The molecule has 104 valence electrons. The third kappa shape index (κ3) is 3.23. The number of nitrogens with zero attached hydrogens (tertiary/aromatic N) is 1. The molecule has 1 N–H and O–H groups in total. The highest BCUT2D eigenvalue weighted by atomic mass is 16.5. The fourth-order valence-corrected chi connectivity index (χ4v) is 2.96. The first-order chi connectivity index (χ1) is 8.72. The molecule has 1 aliphatic heterocycles. The van der Waals surface area contributed by atoms with Crippen molar-refractivity contribution < 1.29 is 9.53 Å². The summed E-state index contributed by atoms with van der Waals surface area (Å²) in [4.78, 5) is 14.3. The SMILES string of the molecule is CCC(OC1CCCC1)C(=O)N(C)C1CCNC1. The minimum Gasteiger partial charge on any atom is -0.365 e. The Labute approximate surface area is 110 Å². The van der Waals surface area contributed by atoms with Crippen molar-refractivity contribution >= 4 is 5.91 Å². The van der Waals surface area contributed by atoms with Crippen molar-refractivity contribution in [2.24, 2.45) is 0 Å². The van der Waals surface area contributed by atoms with Crippen LogP contribution in [0.4, 0.5) is 0 Å². The van der Waals surface area contributed by atoms with Crippen LogP contribution in [-0.4, -0.2) is 49.2 Å². The number of carbonyl (C=O) groups excluding carboxylic acids is 1. The third-order valence-electron chi connectivity index (χ3n) is 4.23. The molecule has 0 aromatic rings. The molecule has 1 aliphatic carbocycles. The summed E-state index contributed by atoms with van der Waals surface area (Å²) in [5.41, 5.74) is 0. The molecule has 0 bridgehead atoms. The van der Waals surface area contributed by atoms with E-state index >= 15 is 0 Å². The third-order valence-corrected chi connectivity index (χ3v) is 4.23. The molecule has 0 aromatic carbocycles. The summed E-state index contributed by atoms with van der Waals surface area (Å²) in [5, 5.41) is 3.30. The van der Waals surface area contributed by atoms with Crippen molar-refractivity contribution in [3.05, 3.63) is 0 Å². The molecule has 2 unspecified atom stereocenters. The minimum absolute atomic E-state index is 0.165. The number of amides is 1. The molecule has 0 aromatic heterocycles. The van der Waals surface area contributed by atoms with Crippen LogP contribution >= 0.6 is 0 Å². The van der Waals surface area contributed by atoms with Crippen molar-refractivity contribution in [3.63, 3.8) is 0 Å². The molecule has 1 amide bonds. The van der Waals surface area contributed by atoms with E-state index in [0.29, 0.717) is 12.1 Å². The molecule has 2 fully saturated rings. The summed E-state index contributed by atoms with van der Waals surface area (Å²) in [6.07, 6.45) is 6.65. The van der Waals surface area contributed by atoms with Crippen LogP contribution in [0.1, 0.15) is 45.4 Å². The molecule has 0 spiro atoms. The highest BCUT2D eigenvalue weighted by Crippen LogP contribution is 2.23. The van der Waals surface area contributed by atoms with Crippen LogP contribution in [0.25, 0.3) is 0 Å². The normalized spacial score (nSPS) is 26.4. The summed E-state index contributed by atoms with van der Waals surface area (Å²) in [6, 6.07) is 0.346. The Morgan fingerprint density at radius 3 is 2.67 bits per heavy atom. The van der Waals surface area contributed by atoms with Gasteiger partial charge in [-0.25, -0.2) is 0 Å². The van der Waals surface area contributed by atoms with Gasteiger partial charge >= 0.3 is 0 Å². The number of ether oxygens (including phenoxy) is 1. The average Bonchev–Trinajstić information content (AvgIpc) is 3.06. The van der Waals surface area contributed by atoms with E-state index < -0.39 is 0 Å². The maximum absolute atomic E-state index is 12.4. The van der Waals surface area contributed by atoms with Gasteiger partial charge in [0.1, 0.15) is 6.10 Å². The van der Waals surface area contributed by atoms with Crippen LogP contribution in [0.5, 0.6) is 0 Å². The van der Waals surface area contributed by atoms with E-state index in [0.717, 1.165) is 38.8 Å². The van der Waals surface area contributed by atoms with E-state index in [-0.39, 0.29) is 12.0 Å². The monoisotopic (exact) mass is 254 g/mol. The topological polar surface area (TPSA) is 41.6 Å². The number of carbonyl (C=O) groups is 1. The molecule has 1 saturated heterocycles. The number of hydrogen-bond acceptors (Lipinski definition) is 3. The lowest BCUT2D eigenvalue weighted by Crippen LogP contribution is -2.45. The van der Waals surface area contributed by atoms with Gasteiger partial charge in [0.2, 0.25) is 0 Å². The minimum atomic E-state index is -0.237. The van der Waals surface area contributed by atoms with Crippen LogP contribution in [0, 0.1) is 0 Å². The first-order valence-electron chi connectivity index (χ1n) is 7.35. The van der Waals surface area contributed by atoms with Crippen LogP contribution in [0.3, 0.4) is 0 Å². The van der Waals surface area contributed by atoms with Crippen molar-refractivity contribution in [3.8, 4) is 0 Å². The predicted octanol–water partition coefficient (Wildman–Crippen LogP) is 1.54. The maximum atomic E-state index is 12.4.